The summed E-state index contributed by atoms with van der Waals surface area (Å²) in [4.78, 5) is 23.9. The van der Waals surface area contributed by atoms with E-state index in [9.17, 15) is 9.18 Å². The number of aromatic amines is 1. The first kappa shape index (κ1) is 36.7. The minimum atomic E-state index is -0.302. The van der Waals surface area contributed by atoms with Crippen LogP contribution in [0.2, 0.25) is 5.02 Å². The highest BCUT2D eigenvalue weighted by molar-refractivity contribution is 6.30. The van der Waals surface area contributed by atoms with Gasteiger partial charge in [-0.2, -0.15) is 4.98 Å². The molecule has 0 bridgehead atoms. The number of benzene rings is 2. The van der Waals surface area contributed by atoms with Crippen molar-refractivity contribution in [3.63, 3.8) is 0 Å². The summed E-state index contributed by atoms with van der Waals surface area (Å²) in [5, 5.41) is 4.47. The third-order valence-electron chi connectivity index (χ3n) is 7.45. The number of H-pyrrole nitrogens is 1. The quantitative estimate of drug-likeness (QED) is 0.0827. The first-order chi connectivity index (χ1) is 21.5. The van der Waals surface area contributed by atoms with Gasteiger partial charge in [0.2, 0.25) is 0 Å². The van der Waals surface area contributed by atoms with Crippen LogP contribution < -0.4 is 28.2 Å². The molecule has 4 rings (SSSR count). The van der Waals surface area contributed by atoms with E-state index in [-0.39, 0.29) is 39.4 Å². The molecule has 4 aromatic rings. The van der Waals surface area contributed by atoms with Crippen molar-refractivity contribution in [2.45, 2.75) is 91.1 Å². The molecular formula is C35H50ClFN8O. The van der Waals surface area contributed by atoms with E-state index in [1.54, 1.807) is 10.6 Å². The van der Waals surface area contributed by atoms with E-state index in [2.05, 4.69) is 47.1 Å². The Morgan fingerprint density at radius 3 is 2.33 bits per heavy atom. The number of fused-ring (bicyclic) bond motifs is 1. The van der Waals surface area contributed by atoms with Crippen LogP contribution in [-0.2, 0) is 23.8 Å². The highest BCUT2D eigenvalue weighted by atomic mass is 35.5. The first-order valence-electron chi connectivity index (χ1n) is 15.7. The highest BCUT2D eigenvalue weighted by Gasteiger charge is 2.21. The van der Waals surface area contributed by atoms with Crippen molar-refractivity contribution in [1.29, 1.82) is 0 Å². The molecule has 2 aromatic heterocycles. The molecular weight excluding hydrogens is 603 g/mol. The van der Waals surface area contributed by atoms with Crippen molar-refractivity contribution in [2.75, 3.05) is 13.1 Å². The van der Waals surface area contributed by atoms with Gasteiger partial charge in [-0.1, -0.05) is 71.3 Å². The third-order valence-corrected chi connectivity index (χ3v) is 7.73. The monoisotopic (exact) mass is 652 g/mol. The molecule has 0 aliphatic carbocycles. The predicted octanol–water partition coefficient (Wildman–Crippen LogP) is 5.82. The number of guanidine groups is 1. The Bertz CT molecular complexity index is 1670. The zero-order chi connectivity index (χ0) is 34.2. The molecule has 1 atom stereocenters. The van der Waals surface area contributed by atoms with E-state index in [0.717, 1.165) is 60.2 Å². The van der Waals surface area contributed by atoms with Gasteiger partial charge in [-0.3, -0.25) is 9.56 Å². The highest BCUT2D eigenvalue weighted by Crippen LogP contribution is 2.31. The second-order valence-electron chi connectivity index (χ2n) is 13.8. The van der Waals surface area contributed by atoms with Crippen molar-refractivity contribution in [3.8, 4) is 5.69 Å². The number of hydrogen-bond acceptors (Lipinski definition) is 5. The number of aryl methyl sites for hydroxylation is 1. The summed E-state index contributed by atoms with van der Waals surface area (Å²) in [6.45, 7) is 16.5. The Balaban J connectivity index is 0.000000289. The topological polar surface area (TPSA) is 153 Å². The number of aliphatic imine (C=N–C) groups is 1. The Kier molecular flexibility index (Phi) is 12.5. The maximum Gasteiger partial charge on any atom is 0.354 e. The van der Waals surface area contributed by atoms with E-state index >= 15 is 0 Å². The molecule has 2 aromatic carbocycles. The number of aromatic nitrogens is 3. The van der Waals surface area contributed by atoms with E-state index in [1.807, 2.05) is 64.2 Å². The smallest absolute Gasteiger partial charge is 0.354 e. The van der Waals surface area contributed by atoms with E-state index in [1.165, 1.54) is 0 Å². The van der Waals surface area contributed by atoms with Crippen LogP contribution >= 0.6 is 11.6 Å². The predicted molar refractivity (Wildman–Crippen MR) is 189 cm³/mol. The van der Waals surface area contributed by atoms with Gasteiger partial charge in [0, 0.05) is 41.8 Å². The Morgan fingerprint density at radius 1 is 1.07 bits per heavy atom. The van der Waals surface area contributed by atoms with Crippen LogP contribution in [0, 0.1) is 5.82 Å². The van der Waals surface area contributed by atoms with Gasteiger partial charge in [0.25, 0.3) is 0 Å². The Hall–Kier alpha value is -3.73. The lowest BCUT2D eigenvalue weighted by Crippen LogP contribution is -2.23. The number of hydrogen-bond donors (Lipinski definition) is 5. The zero-order valence-corrected chi connectivity index (χ0v) is 28.9. The van der Waals surface area contributed by atoms with Gasteiger partial charge in [0.05, 0.1) is 10.7 Å². The molecule has 0 aliphatic heterocycles. The van der Waals surface area contributed by atoms with Crippen LogP contribution in [0.4, 0.5) is 4.39 Å². The van der Waals surface area contributed by atoms with Crippen LogP contribution in [0.15, 0.2) is 58.4 Å². The Morgan fingerprint density at radius 2 is 1.74 bits per heavy atom. The molecule has 0 aliphatic rings. The van der Waals surface area contributed by atoms with E-state index in [4.69, 9.17) is 28.8 Å². The fourth-order valence-electron chi connectivity index (χ4n) is 4.73. The molecule has 0 saturated heterocycles. The molecule has 8 N–H and O–H groups in total. The molecule has 2 heterocycles. The fraction of sp³-hybridized carbons (Fsp3) is 0.457. The number of rotatable bonds is 10. The van der Waals surface area contributed by atoms with Gasteiger partial charge in [0.15, 0.2) is 5.96 Å². The molecule has 0 unspecified atom stereocenters. The molecule has 250 valence electrons. The second-order valence-corrected chi connectivity index (χ2v) is 14.2. The first-order valence-corrected chi connectivity index (χ1v) is 16.1. The van der Waals surface area contributed by atoms with Gasteiger partial charge in [0.1, 0.15) is 11.5 Å². The van der Waals surface area contributed by atoms with Gasteiger partial charge < -0.3 is 27.5 Å². The molecule has 0 saturated carbocycles. The van der Waals surface area contributed by atoms with Crippen LogP contribution in [0.25, 0.3) is 16.7 Å². The zero-order valence-electron chi connectivity index (χ0n) is 28.2. The van der Waals surface area contributed by atoms with E-state index < -0.39 is 0 Å². The minimum Gasteiger partial charge on any atom is -0.370 e. The molecule has 0 fully saturated rings. The lowest BCUT2D eigenvalue weighted by atomic mass is 9.85. The maximum atomic E-state index is 13.9. The molecule has 9 nitrogen and oxygen atoms in total. The van der Waals surface area contributed by atoms with E-state index in [0.29, 0.717) is 17.8 Å². The van der Waals surface area contributed by atoms with Crippen molar-refractivity contribution < 1.29 is 4.39 Å². The second kappa shape index (κ2) is 15.7. The van der Waals surface area contributed by atoms with Crippen molar-refractivity contribution in [1.82, 2.24) is 19.9 Å². The average molecular weight is 653 g/mol. The summed E-state index contributed by atoms with van der Waals surface area (Å²) in [5.74, 6) is -0.179. The van der Waals surface area contributed by atoms with Crippen molar-refractivity contribution in [3.05, 3.63) is 92.4 Å². The van der Waals surface area contributed by atoms with Crippen LogP contribution in [-0.4, -0.2) is 39.6 Å². The number of nitrogens with one attached hydrogen (secondary N) is 2. The number of halogens is 2. The molecule has 46 heavy (non-hydrogen) atoms. The van der Waals surface area contributed by atoms with Crippen LogP contribution in [0.3, 0.4) is 0 Å². The lowest BCUT2D eigenvalue weighted by Gasteiger charge is -2.21. The molecule has 0 radical (unpaired) electrons. The number of nitrogens with zero attached hydrogens (tertiary/aromatic N) is 3. The summed E-state index contributed by atoms with van der Waals surface area (Å²) in [6.07, 6.45) is 4.42. The average Bonchev–Trinajstić information content (AvgIpc) is 3.38. The molecule has 11 heteroatoms. The van der Waals surface area contributed by atoms with Crippen LogP contribution in [0.1, 0.15) is 83.7 Å². The Labute approximate surface area is 276 Å². The molecule has 0 spiro atoms. The fourth-order valence-corrected chi connectivity index (χ4v) is 4.97. The van der Waals surface area contributed by atoms with Gasteiger partial charge >= 0.3 is 5.69 Å². The largest absolute Gasteiger partial charge is 0.370 e. The van der Waals surface area contributed by atoms with Gasteiger partial charge in [-0.25, -0.2) is 9.18 Å². The van der Waals surface area contributed by atoms with Crippen LogP contribution in [0.5, 0.6) is 0 Å². The summed E-state index contributed by atoms with van der Waals surface area (Å²) < 4.78 is 15.5. The van der Waals surface area contributed by atoms with Gasteiger partial charge in [-0.15, -0.1) is 0 Å². The summed E-state index contributed by atoms with van der Waals surface area (Å²) in [5.41, 5.74) is 21.1. The SMILES string of the molecule is CC(C)(C)c1cc2cn(-c3ccc(CNCCCN=C(N)N)cc3)c(=O)nc2[nH]1.C[C@@H](N)CCc1cc(Cl)c(F)c(C(C)(C)C)c1. The number of nitrogens with two attached hydrogens (primary N) is 3. The van der Waals surface area contributed by atoms with Crippen molar-refractivity contribution in [2.24, 2.45) is 22.2 Å². The summed E-state index contributed by atoms with van der Waals surface area (Å²) in [6, 6.07) is 13.7. The molecule has 0 amide bonds. The maximum absolute atomic E-state index is 13.9. The minimum absolute atomic E-state index is 0.0352. The lowest BCUT2D eigenvalue weighted by molar-refractivity contribution is 0.521. The summed E-state index contributed by atoms with van der Waals surface area (Å²) in [7, 11) is 0. The summed E-state index contributed by atoms with van der Waals surface area (Å²) >= 11 is 5.93. The standard InChI is InChI=1S/C21H29N7O.C14H21ClFN/c1-21(2,3)17-11-15-13-28(20(29)27-18(15)26-17)16-7-5-14(6-8-16)12-24-9-4-10-25-19(22)23;1-9(17)5-6-10-7-11(14(2,3)4)13(16)12(15)8-10/h5-8,11,13,24H,4,9-10,12H2,1-3H3,(H4,22,23,25)(H,26,27,29);7-9H,5-6,17H2,1-4H3/t;9-/m.1/s1. The van der Waals surface area contributed by atoms with Gasteiger partial charge in [-0.05, 0) is 79.1 Å². The normalized spacial score (nSPS) is 12.5. The third kappa shape index (κ3) is 10.7. The van der Waals surface area contributed by atoms with Crippen molar-refractivity contribution >= 4 is 28.6 Å².